The number of carbonyl (C=O) groups excluding carboxylic acids is 1. The molecule has 0 aliphatic heterocycles. The Hall–Kier alpha value is -3.84. The van der Waals surface area contributed by atoms with Crippen LogP contribution in [0.25, 0.3) is 11.5 Å². The molecule has 32 heavy (non-hydrogen) atoms. The molecule has 8 heteroatoms. The lowest BCUT2D eigenvalue weighted by Gasteiger charge is -2.17. The molecule has 3 aromatic carbocycles. The molecule has 1 unspecified atom stereocenters. The molecule has 0 saturated heterocycles. The lowest BCUT2D eigenvalue weighted by atomic mass is 10.1. The van der Waals surface area contributed by atoms with Gasteiger partial charge in [-0.05, 0) is 48.9 Å². The van der Waals surface area contributed by atoms with Crippen molar-refractivity contribution in [3.05, 3.63) is 95.3 Å². The van der Waals surface area contributed by atoms with Gasteiger partial charge >= 0.3 is 6.03 Å². The fourth-order valence-electron chi connectivity index (χ4n) is 3.13. The van der Waals surface area contributed by atoms with Crippen LogP contribution in [0, 0.1) is 0 Å². The van der Waals surface area contributed by atoms with Crippen LogP contribution in [0.2, 0.25) is 5.02 Å². The molecule has 162 valence electrons. The fraction of sp³-hybridized carbons (Fsp3) is 0.125. The van der Waals surface area contributed by atoms with Gasteiger partial charge in [-0.15, -0.1) is 10.2 Å². The van der Waals surface area contributed by atoms with Crippen LogP contribution in [0.5, 0.6) is 5.75 Å². The van der Waals surface area contributed by atoms with E-state index in [4.69, 9.17) is 20.8 Å². The normalized spacial score (nSPS) is 11.6. The van der Waals surface area contributed by atoms with E-state index in [1.165, 1.54) is 0 Å². The second kappa shape index (κ2) is 9.98. The molecule has 0 fully saturated rings. The van der Waals surface area contributed by atoms with Crippen molar-refractivity contribution in [2.75, 3.05) is 11.9 Å². The molecule has 0 aliphatic rings. The van der Waals surface area contributed by atoms with Gasteiger partial charge < -0.3 is 19.8 Å². The molecule has 0 spiro atoms. The predicted octanol–water partition coefficient (Wildman–Crippen LogP) is 5.70. The van der Waals surface area contributed by atoms with Gasteiger partial charge in [0.2, 0.25) is 11.8 Å². The van der Waals surface area contributed by atoms with Crippen molar-refractivity contribution < 1.29 is 13.9 Å². The molecule has 7 nitrogen and oxygen atoms in total. The Labute approximate surface area is 190 Å². The van der Waals surface area contributed by atoms with Crippen LogP contribution in [-0.4, -0.2) is 22.8 Å². The summed E-state index contributed by atoms with van der Waals surface area (Å²) in [5.74, 6) is 1.18. The van der Waals surface area contributed by atoms with Crippen LogP contribution >= 0.6 is 11.6 Å². The van der Waals surface area contributed by atoms with Crippen LogP contribution in [-0.2, 0) is 0 Å². The summed E-state index contributed by atoms with van der Waals surface area (Å²) in [6.45, 7) is 2.37. The summed E-state index contributed by atoms with van der Waals surface area (Å²) in [6.07, 6.45) is 0. The predicted molar refractivity (Wildman–Crippen MR) is 123 cm³/mol. The van der Waals surface area contributed by atoms with Gasteiger partial charge in [0.15, 0.2) is 0 Å². The van der Waals surface area contributed by atoms with E-state index >= 15 is 0 Å². The lowest BCUT2D eigenvalue weighted by molar-refractivity contribution is 0.248. The molecule has 0 bridgehead atoms. The number of nitrogens with zero attached hydrogens (tertiary/aromatic N) is 2. The second-order valence-corrected chi connectivity index (χ2v) is 7.26. The number of para-hydroxylation sites is 2. The number of rotatable bonds is 7. The van der Waals surface area contributed by atoms with Gasteiger partial charge in [0.25, 0.3) is 0 Å². The Morgan fingerprint density at radius 2 is 1.72 bits per heavy atom. The van der Waals surface area contributed by atoms with Gasteiger partial charge in [0.1, 0.15) is 11.8 Å². The number of nitrogens with one attached hydrogen (secondary N) is 2. The number of hydrogen-bond donors (Lipinski definition) is 2. The Morgan fingerprint density at radius 1 is 1.00 bits per heavy atom. The van der Waals surface area contributed by atoms with Gasteiger partial charge in [0, 0.05) is 10.6 Å². The maximum Gasteiger partial charge on any atom is 0.320 e. The summed E-state index contributed by atoms with van der Waals surface area (Å²) < 4.78 is 11.5. The third-order valence-corrected chi connectivity index (χ3v) is 4.87. The number of anilines is 1. The van der Waals surface area contributed by atoms with Gasteiger partial charge in [-0.25, -0.2) is 4.79 Å². The minimum atomic E-state index is -0.649. The zero-order valence-corrected chi connectivity index (χ0v) is 18.0. The van der Waals surface area contributed by atoms with Crippen molar-refractivity contribution in [2.24, 2.45) is 0 Å². The minimum absolute atomic E-state index is 0.259. The summed E-state index contributed by atoms with van der Waals surface area (Å²) in [5, 5.41) is 14.7. The van der Waals surface area contributed by atoms with Crippen LogP contribution in [0.15, 0.2) is 83.3 Å². The maximum atomic E-state index is 12.9. The molecule has 2 amide bonds. The molecular formula is C24H21ClN4O3. The van der Waals surface area contributed by atoms with Crippen molar-refractivity contribution in [3.8, 4) is 17.2 Å². The van der Waals surface area contributed by atoms with E-state index in [0.717, 1.165) is 11.1 Å². The number of hydrogen-bond acceptors (Lipinski definition) is 5. The molecule has 4 rings (SSSR count). The van der Waals surface area contributed by atoms with E-state index in [-0.39, 0.29) is 5.89 Å². The van der Waals surface area contributed by atoms with Crippen molar-refractivity contribution >= 4 is 23.3 Å². The molecular weight excluding hydrogens is 428 g/mol. The van der Waals surface area contributed by atoms with E-state index in [1.54, 1.807) is 36.4 Å². The first-order valence-corrected chi connectivity index (χ1v) is 10.5. The van der Waals surface area contributed by atoms with Crippen LogP contribution in [0.1, 0.15) is 24.4 Å². The highest BCUT2D eigenvalue weighted by atomic mass is 35.5. The Kier molecular flexibility index (Phi) is 6.67. The first-order chi connectivity index (χ1) is 15.6. The summed E-state index contributed by atoms with van der Waals surface area (Å²) in [4.78, 5) is 12.9. The quantitative estimate of drug-likeness (QED) is 0.378. The molecule has 1 atom stereocenters. The molecule has 2 N–H and O–H groups in total. The van der Waals surface area contributed by atoms with Gasteiger partial charge in [0.05, 0.1) is 12.3 Å². The van der Waals surface area contributed by atoms with Gasteiger partial charge in [-0.3, -0.25) is 0 Å². The third-order valence-electron chi connectivity index (χ3n) is 4.62. The number of ether oxygens (including phenoxy) is 1. The summed E-state index contributed by atoms with van der Waals surface area (Å²) in [7, 11) is 0. The third kappa shape index (κ3) is 5.07. The van der Waals surface area contributed by atoms with Crippen molar-refractivity contribution in [2.45, 2.75) is 13.0 Å². The van der Waals surface area contributed by atoms with E-state index in [9.17, 15) is 4.79 Å². The highest BCUT2D eigenvalue weighted by Crippen LogP contribution is 2.27. The highest BCUT2D eigenvalue weighted by Gasteiger charge is 2.24. The van der Waals surface area contributed by atoms with Crippen molar-refractivity contribution in [3.63, 3.8) is 0 Å². The highest BCUT2D eigenvalue weighted by molar-refractivity contribution is 6.30. The summed E-state index contributed by atoms with van der Waals surface area (Å²) in [5.41, 5.74) is 2.09. The SMILES string of the molecule is CCOc1ccccc1NC(=O)NC(c1ccccc1)c1nnc(-c2ccc(Cl)cc2)o1. The molecule has 0 aliphatic carbocycles. The molecule has 4 aromatic rings. The number of halogens is 1. The monoisotopic (exact) mass is 448 g/mol. The molecule has 1 aromatic heterocycles. The first kappa shape index (κ1) is 21.4. The van der Waals surface area contributed by atoms with Crippen LogP contribution in [0.4, 0.5) is 10.5 Å². The average molecular weight is 449 g/mol. The standard InChI is InChI=1S/C24H21ClN4O3/c1-2-31-20-11-7-6-10-19(20)26-24(30)27-21(16-8-4-3-5-9-16)23-29-28-22(32-23)17-12-14-18(25)15-13-17/h3-15,21H,2H2,1H3,(H2,26,27,30). The number of benzene rings is 3. The van der Waals surface area contributed by atoms with Crippen LogP contribution < -0.4 is 15.4 Å². The fourth-order valence-corrected chi connectivity index (χ4v) is 3.26. The number of urea groups is 1. The number of aromatic nitrogens is 2. The van der Waals surface area contributed by atoms with E-state index < -0.39 is 12.1 Å². The van der Waals surface area contributed by atoms with Crippen LogP contribution in [0.3, 0.4) is 0 Å². The number of amides is 2. The first-order valence-electron chi connectivity index (χ1n) is 10.1. The van der Waals surface area contributed by atoms with Gasteiger partial charge in [-0.1, -0.05) is 54.1 Å². The van der Waals surface area contributed by atoms with E-state index in [1.807, 2.05) is 49.4 Å². The van der Waals surface area contributed by atoms with E-state index in [0.29, 0.717) is 29.0 Å². The zero-order chi connectivity index (χ0) is 22.3. The van der Waals surface area contributed by atoms with E-state index in [2.05, 4.69) is 20.8 Å². The Balaban J connectivity index is 1.59. The minimum Gasteiger partial charge on any atom is -0.492 e. The summed E-state index contributed by atoms with van der Waals surface area (Å²) >= 11 is 5.96. The van der Waals surface area contributed by atoms with Crippen molar-refractivity contribution in [1.82, 2.24) is 15.5 Å². The van der Waals surface area contributed by atoms with Gasteiger partial charge in [-0.2, -0.15) is 0 Å². The Bertz CT molecular complexity index is 1180. The smallest absolute Gasteiger partial charge is 0.320 e. The average Bonchev–Trinajstić information content (AvgIpc) is 3.30. The molecule has 0 radical (unpaired) electrons. The van der Waals surface area contributed by atoms with Crippen molar-refractivity contribution in [1.29, 1.82) is 0 Å². The second-order valence-electron chi connectivity index (χ2n) is 6.82. The Morgan fingerprint density at radius 3 is 2.47 bits per heavy atom. The topological polar surface area (TPSA) is 89.3 Å². The number of carbonyl (C=O) groups is 1. The zero-order valence-electron chi connectivity index (χ0n) is 17.3. The maximum absolute atomic E-state index is 12.9. The molecule has 0 saturated carbocycles. The molecule has 1 heterocycles. The summed E-state index contributed by atoms with van der Waals surface area (Å²) in [6, 6.07) is 22.6. The largest absolute Gasteiger partial charge is 0.492 e. The lowest BCUT2D eigenvalue weighted by Crippen LogP contribution is -2.33.